The lowest BCUT2D eigenvalue weighted by molar-refractivity contribution is 0.0376. The van der Waals surface area contributed by atoms with E-state index in [0.717, 1.165) is 51.4 Å². The predicted octanol–water partition coefficient (Wildman–Crippen LogP) is 3.62. The number of benzene rings is 1. The first-order valence-electron chi connectivity index (χ1n) is 11.6. The molecule has 1 saturated heterocycles. The normalized spacial score (nSPS) is 16.1. The van der Waals surface area contributed by atoms with Gasteiger partial charge in [0, 0.05) is 19.6 Å². The van der Waals surface area contributed by atoms with Crippen LogP contribution in [-0.2, 0) is 9.47 Å². The Kier molecular flexibility index (Phi) is 13.0. The second-order valence-electron chi connectivity index (χ2n) is 9.48. The van der Waals surface area contributed by atoms with E-state index in [1.165, 1.54) is 5.56 Å². The summed E-state index contributed by atoms with van der Waals surface area (Å²) in [6, 6.07) is 7.89. The largest absolute Gasteiger partial charge is 0.444 e. The molecule has 0 spiro atoms. The third kappa shape index (κ3) is 11.9. The highest BCUT2D eigenvalue weighted by molar-refractivity contribution is 14.0. The van der Waals surface area contributed by atoms with Crippen LogP contribution >= 0.6 is 24.0 Å². The van der Waals surface area contributed by atoms with E-state index >= 15 is 0 Å². The van der Waals surface area contributed by atoms with Gasteiger partial charge >= 0.3 is 6.09 Å². The fraction of sp³-hybridized carbons (Fsp3) is 0.667. The van der Waals surface area contributed by atoms with Gasteiger partial charge in [0.15, 0.2) is 5.96 Å². The molecule has 1 fully saturated rings. The van der Waals surface area contributed by atoms with Crippen molar-refractivity contribution in [1.82, 2.24) is 15.5 Å². The highest BCUT2D eigenvalue weighted by Crippen LogP contribution is 2.20. The van der Waals surface area contributed by atoms with Gasteiger partial charge in [-0.3, -0.25) is 9.89 Å². The minimum atomic E-state index is -0.569. The molecule has 0 radical (unpaired) electrons. The lowest BCUT2D eigenvalue weighted by Crippen LogP contribution is -2.39. The van der Waals surface area contributed by atoms with Gasteiger partial charge in [0.05, 0.1) is 25.8 Å². The maximum absolute atomic E-state index is 12.4. The maximum atomic E-state index is 12.4. The second kappa shape index (κ2) is 14.6. The van der Waals surface area contributed by atoms with E-state index in [0.29, 0.717) is 18.4 Å². The van der Waals surface area contributed by atoms with Crippen LogP contribution in [0.4, 0.5) is 4.79 Å². The quantitative estimate of drug-likeness (QED) is 0.180. The maximum Gasteiger partial charge on any atom is 0.408 e. The van der Waals surface area contributed by atoms with E-state index in [1.807, 2.05) is 32.9 Å². The minimum absolute atomic E-state index is 0. The Balaban J connectivity index is 0.00000544. The summed E-state index contributed by atoms with van der Waals surface area (Å²) < 4.78 is 10.8. The summed E-state index contributed by atoms with van der Waals surface area (Å²) in [6.45, 7) is 15.5. The van der Waals surface area contributed by atoms with Crippen molar-refractivity contribution in [2.75, 3.05) is 45.9 Å². The van der Waals surface area contributed by atoms with Crippen LogP contribution in [0.15, 0.2) is 29.3 Å². The zero-order chi connectivity index (χ0) is 23.6. The molecule has 2 rings (SSSR count). The van der Waals surface area contributed by atoms with Gasteiger partial charge in [-0.2, -0.15) is 0 Å². The summed E-state index contributed by atoms with van der Waals surface area (Å²) in [7, 11) is 0. The molecular formula is C24H42IN5O3. The molecule has 1 aliphatic heterocycles. The van der Waals surface area contributed by atoms with Crippen LogP contribution in [-0.4, -0.2) is 68.5 Å². The number of morpholine rings is 1. The Morgan fingerprint density at radius 3 is 2.36 bits per heavy atom. The molecule has 1 amide bonds. The van der Waals surface area contributed by atoms with Crippen LogP contribution in [0.2, 0.25) is 0 Å². The highest BCUT2D eigenvalue weighted by Gasteiger charge is 2.21. The molecule has 1 aromatic rings. The lowest BCUT2D eigenvalue weighted by Gasteiger charge is -2.26. The Labute approximate surface area is 216 Å². The van der Waals surface area contributed by atoms with Crippen LogP contribution < -0.4 is 16.4 Å². The number of nitrogens with one attached hydrogen (secondary N) is 2. The molecule has 1 unspecified atom stereocenters. The van der Waals surface area contributed by atoms with E-state index in [9.17, 15) is 4.79 Å². The Hall–Kier alpha value is -1.59. The summed E-state index contributed by atoms with van der Waals surface area (Å²) in [6.07, 6.45) is 0.509. The summed E-state index contributed by atoms with van der Waals surface area (Å²) in [5.41, 5.74) is 7.72. The number of hydrogen-bond acceptors (Lipinski definition) is 5. The molecule has 1 aliphatic rings. The molecule has 0 bridgehead atoms. The van der Waals surface area contributed by atoms with Crippen LogP contribution in [0.25, 0.3) is 0 Å². The van der Waals surface area contributed by atoms with Crippen molar-refractivity contribution in [3.63, 3.8) is 0 Å². The number of amides is 1. The van der Waals surface area contributed by atoms with Crippen molar-refractivity contribution in [1.29, 1.82) is 0 Å². The number of carbonyl (C=O) groups is 1. The zero-order valence-electron chi connectivity index (χ0n) is 20.7. The topological polar surface area (TPSA) is 101 Å². The predicted molar refractivity (Wildman–Crippen MR) is 144 cm³/mol. The van der Waals surface area contributed by atoms with Gasteiger partial charge in [-0.25, -0.2) is 4.79 Å². The molecule has 1 heterocycles. The molecule has 8 nitrogen and oxygen atoms in total. The number of ether oxygens (including phenoxy) is 2. The Bertz CT molecular complexity index is 729. The molecule has 4 N–H and O–H groups in total. The summed E-state index contributed by atoms with van der Waals surface area (Å²) >= 11 is 0. The second-order valence-corrected chi connectivity index (χ2v) is 9.48. The van der Waals surface area contributed by atoms with Crippen molar-refractivity contribution < 1.29 is 14.3 Å². The first-order valence-corrected chi connectivity index (χ1v) is 11.6. The van der Waals surface area contributed by atoms with Crippen LogP contribution in [0, 0.1) is 0 Å². The van der Waals surface area contributed by atoms with E-state index < -0.39 is 11.7 Å². The Morgan fingerprint density at radius 1 is 1.18 bits per heavy atom. The first-order chi connectivity index (χ1) is 15.1. The SMILES string of the molecule is CC(C)c1ccc(C(CN=C(N)NCCCN2CCOCC2)NC(=O)OC(C)(C)C)cc1.I. The number of halogens is 1. The van der Waals surface area contributed by atoms with Crippen molar-refractivity contribution >= 4 is 36.0 Å². The minimum Gasteiger partial charge on any atom is -0.444 e. The van der Waals surface area contributed by atoms with Gasteiger partial charge in [-0.15, -0.1) is 24.0 Å². The van der Waals surface area contributed by atoms with Crippen LogP contribution in [0.3, 0.4) is 0 Å². The van der Waals surface area contributed by atoms with Gasteiger partial charge in [-0.05, 0) is 50.8 Å². The number of carbonyl (C=O) groups excluding carboxylic acids is 1. The third-order valence-corrected chi connectivity index (χ3v) is 5.20. The van der Waals surface area contributed by atoms with Gasteiger partial charge in [0.1, 0.15) is 5.60 Å². The Morgan fingerprint density at radius 2 is 1.79 bits per heavy atom. The van der Waals surface area contributed by atoms with E-state index in [-0.39, 0.29) is 30.0 Å². The van der Waals surface area contributed by atoms with Gasteiger partial charge < -0.3 is 25.8 Å². The molecule has 0 aliphatic carbocycles. The number of rotatable bonds is 9. The van der Waals surface area contributed by atoms with Crippen LogP contribution in [0.5, 0.6) is 0 Å². The molecule has 1 aromatic carbocycles. The fourth-order valence-electron chi connectivity index (χ4n) is 3.39. The molecule has 0 aromatic heterocycles. The van der Waals surface area contributed by atoms with E-state index in [2.05, 4.69) is 46.5 Å². The fourth-order valence-corrected chi connectivity index (χ4v) is 3.39. The van der Waals surface area contributed by atoms with Crippen LogP contribution in [0.1, 0.15) is 64.1 Å². The molecular weight excluding hydrogens is 533 g/mol. The average molecular weight is 576 g/mol. The van der Waals surface area contributed by atoms with E-state index in [1.54, 1.807) is 0 Å². The zero-order valence-corrected chi connectivity index (χ0v) is 23.1. The van der Waals surface area contributed by atoms with Gasteiger partial charge in [0.2, 0.25) is 0 Å². The number of guanidine groups is 1. The van der Waals surface area contributed by atoms with Gasteiger partial charge in [0.25, 0.3) is 0 Å². The molecule has 188 valence electrons. The summed E-state index contributed by atoms with van der Waals surface area (Å²) in [5, 5.41) is 6.10. The van der Waals surface area contributed by atoms with Crippen molar-refractivity contribution in [2.24, 2.45) is 10.7 Å². The van der Waals surface area contributed by atoms with Crippen molar-refractivity contribution in [3.05, 3.63) is 35.4 Å². The molecule has 0 saturated carbocycles. The van der Waals surface area contributed by atoms with Gasteiger partial charge in [-0.1, -0.05) is 38.1 Å². The van der Waals surface area contributed by atoms with Crippen molar-refractivity contribution in [2.45, 2.75) is 58.6 Å². The standard InChI is InChI=1S/C24H41N5O3.HI/c1-18(2)19-7-9-20(10-8-19)21(28-23(30)32-24(3,4)5)17-27-22(25)26-11-6-12-29-13-15-31-16-14-29;/h7-10,18,21H,6,11-17H2,1-5H3,(H,28,30)(H3,25,26,27);1H. The summed E-state index contributed by atoms with van der Waals surface area (Å²) in [4.78, 5) is 19.2. The first kappa shape index (κ1) is 29.4. The smallest absolute Gasteiger partial charge is 0.408 e. The molecule has 1 atom stereocenters. The lowest BCUT2D eigenvalue weighted by atomic mass is 9.99. The number of alkyl carbamates (subject to hydrolysis) is 1. The number of nitrogens with zero attached hydrogens (tertiary/aromatic N) is 2. The average Bonchev–Trinajstić information content (AvgIpc) is 2.73. The summed E-state index contributed by atoms with van der Waals surface area (Å²) in [5.74, 6) is 0.818. The molecule has 9 heteroatoms. The van der Waals surface area contributed by atoms with E-state index in [4.69, 9.17) is 15.2 Å². The number of aliphatic imine (C=N–C) groups is 1. The molecule has 33 heavy (non-hydrogen) atoms. The number of hydrogen-bond donors (Lipinski definition) is 3. The third-order valence-electron chi connectivity index (χ3n) is 5.20. The number of nitrogens with two attached hydrogens (primary N) is 1. The highest BCUT2D eigenvalue weighted by atomic mass is 127. The monoisotopic (exact) mass is 575 g/mol. The van der Waals surface area contributed by atoms with Crippen molar-refractivity contribution in [3.8, 4) is 0 Å².